The van der Waals surface area contributed by atoms with E-state index in [1.165, 1.54) is 19.8 Å². The van der Waals surface area contributed by atoms with E-state index in [0.29, 0.717) is 0 Å². The number of benzene rings is 2. The van der Waals surface area contributed by atoms with Gasteiger partial charge in [-0.25, -0.2) is 9.78 Å². The van der Waals surface area contributed by atoms with E-state index in [-0.39, 0.29) is 30.1 Å². The maximum atomic E-state index is 12.6. The van der Waals surface area contributed by atoms with Crippen molar-refractivity contribution in [2.24, 2.45) is 5.92 Å². The summed E-state index contributed by atoms with van der Waals surface area (Å²) in [5.41, 5.74) is 5.34. The van der Waals surface area contributed by atoms with Gasteiger partial charge in [0, 0.05) is 24.1 Å². The molecule has 0 unspecified atom stereocenters. The summed E-state index contributed by atoms with van der Waals surface area (Å²) in [7, 11) is 2.91. The first-order valence-electron chi connectivity index (χ1n) is 13.0. The van der Waals surface area contributed by atoms with Crippen molar-refractivity contribution in [3.8, 4) is 0 Å². The number of hydrogen-bond donors (Lipinski definition) is 0. The highest BCUT2D eigenvalue weighted by atomic mass is 16.5. The van der Waals surface area contributed by atoms with Gasteiger partial charge in [0.15, 0.2) is 0 Å². The lowest BCUT2D eigenvalue weighted by Gasteiger charge is -2.34. The number of imidazole rings is 1. The van der Waals surface area contributed by atoms with Crippen LogP contribution < -0.4 is 4.90 Å². The maximum Gasteiger partial charge on any atom is 0.414 e. The van der Waals surface area contributed by atoms with Gasteiger partial charge in [0.2, 0.25) is 0 Å². The minimum atomic E-state index is -0.334. The van der Waals surface area contributed by atoms with Gasteiger partial charge in [-0.15, -0.1) is 0 Å². The Kier molecular flexibility index (Phi) is 6.99. The molecule has 3 atom stereocenters. The topological polar surface area (TPSA) is 73.7 Å². The van der Waals surface area contributed by atoms with Crippen molar-refractivity contribution >= 4 is 28.8 Å². The predicted molar refractivity (Wildman–Crippen MR) is 139 cm³/mol. The van der Waals surface area contributed by atoms with Gasteiger partial charge in [-0.1, -0.05) is 36.8 Å². The second-order valence-electron chi connectivity index (χ2n) is 10.1. The number of esters is 1. The molecular formula is C29H35N3O4. The normalized spacial score (nSPS) is 21.8. The van der Waals surface area contributed by atoms with E-state index in [2.05, 4.69) is 41.8 Å². The Bertz CT molecular complexity index is 1250. The zero-order valence-corrected chi connectivity index (χ0v) is 21.4. The molecule has 2 aromatic carbocycles. The van der Waals surface area contributed by atoms with E-state index in [0.717, 1.165) is 79.5 Å². The molecule has 1 aliphatic carbocycles. The van der Waals surface area contributed by atoms with Crippen molar-refractivity contribution in [2.45, 2.75) is 70.4 Å². The fraction of sp³-hybridized carbons (Fsp3) is 0.483. The van der Waals surface area contributed by atoms with Crippen LogP contribution in [0, 0.1) is 5.92 Å². The Hall–Kier alpha value is -3.35. The number of aromatic nitrogens is 2. The Labute approximate surface area is 212 Å². The standard InChI is InChI=1S/C29H35N3O4/c1-19-12-14-23-24(31(19)29(34)36-3)15-16-25-27(23)30-26(17-13-20-8-5-4-6-9-20)32(25)22-11-7-10-21(18-22)28(33)35-2/h4-6,8-9,15-16,19,21-22H,7,10-14,17-18H2,1-3H3/t19-,21+,22+/m0/s1. The van der Waals surface area contributed by atoms with Gasteiger partial charge in [-0.2, -0.15) is 0 Å². The Morgan fingerprint density at radius 2 is 1.81 bits per heavy atom. The van der Waals surface area contributed by atoms with Crippen molar-refractivity contribution in [1.82, 2.24) is 9.55 Å². The van der Waals surface area contributed by atoms with Crippen LogP contribution in [0.1, 0.15) is 62.0 Å². The number of rotatable bonds is 5. The molecule has 5 rings (SSSR count). The van der Waals surface area contributed by atoms with Crippen LogP contribution >= 0.6 is 0 Å². The monoisotopic (exact) mass is 489 g/mol. The highest BCUT2D eigenvalue weighted by Gasteiger charge is 2.34. The van der Waals surface area contributed by atoms with Gasteiger partial charge in [0.25, 0.3) is 0 Å². The molecule has 7 heteroatoms. The van der Waals surface area contributed by atoms with Gasteiger partial charge >= 0.3 is 12.1 Å². The number of ether oxygens (including phenoxy) is 2. The summed E-state index contributed by atoms with van der Waals surface area (Å²) < 4.78 is 12.6. The molecule has 1 amide bonds. The molecule has 1 aliphatic heterocycles. The first-order valence-corrected chi connectivity index (χ1v) is 13.0. The number of nitrogens with zero attached hydrogens (tertiary/aromatic N) is 3. The summed E-state index contributed by atoms with van der Waals surface area (Å²) in [5, 5.41) is 0. The summed E-state index contributed by atoms with van der Waals surface area (Å²) >= 11 is 0. The van der Waals surface area contributed by atoms with Crippen LogP contribution in [-0.2, 0) is 33.5 Å². The smallest absolute Gasteiger partial charge is 0.414 e. The van der Waals surface area contributed by atoms with Crippen molar-refractivity contribution < 1.29 is 19.1 Å². The van der Waals surface area contributed by atoms with Crippen LogP contribution in [0.4, 0.5) is 10.5 Å². The van der Waals surface area contributed by atoms with Crippen LogP contribution in [0.15, 0.2) is 42.5 Å². The van der Waals surface area contributed by atoms with Gasteiger partial charge < -0.3 is 14.0 Å². The van der Waals surface area contributed by atoms with Crippen LogP contribution in [0.5, 0.6) is 0 Å². The highest BCUT2D eigenvalue weighted by molar-refractivity contribution is 5.95. The second-order valence-corrected chi connectivity index (χ2v) is 10.1. The molecule has 1 aromatic heterocycles. The van der Waals surface area contributed by atoms with E-state index >= 15 is 0 Å². The fourth-order valence-electron chi connectivity index (χ4n) is 6.09. The maximum absolute atomic E-state index is 12.6. The van der Waals surface area contributed by atoms with Crippen molar-refractivity contribution in [3.05, 3.63) is 59.4 Å². The molecule has 2 heterocycles. The average Bonchev–Trinajstić information content (AvgIpc) is 3.30. The number of anilines is 1. The molecule has 1 fully saturated rings. The molecule has 0 radical (unpaired) electrons. The molecule has 2 aliphatic rings. The SMILES string of the molecule is COC(=O)[C@@H]1CCC[C@@H](n2c(CCc3ccccc3)nc3c4c(ccc32)N(C(=O)OC)[C@@H](C)CC4)C1. The molecule has 0 spiro atoms. The molecule has 0 N–H and O–H groups in total. The fourth-order valence-corrected chi connectivity index (χ4v) is 6.09. The van der Waals surface area contributed by atoms with Crippen molar-refractivity contribution in [3.63, 3.8) is 0 Å². The van der Waals surface area contributed by atoms with Crippen LogP contribution in [0.25, 0.3) is 11.0 Å². The first kappa shape index (κ1) is 24.3. The van der Waals surface area contributed by atoms with Gasteiger partial charge in [0.05, 0.1) is 36.9 Å². The zero-order chi connectivity index (χ0) is 25.2. The third-order valence-corrected chi connectivity index (χ3v) is 7.93. The first-order chi connectivity index (χ1) is 17.5. The lowest BCUT2D eigenvalue weighted by atomic mass is 9.85. The van der Waals surface area contributed by atoms with Crippen molar-refractivity contribution in [2.75, 3.05) is 19.1 Å². The van der Waals surface area contributed by atoms with Crippen LogP contribution in [0.2, 0.25) is 0 Å². The van der Waals surface area contributed by atoms with Crippen molar-refractivity contribution in [1.29, 1.82) is 0 Å². The predicted octanol–water partition coefficient (Wildman–Crippen LogP) is 5.63. The Morgan fingerprint density at radius 1 is 1.00 bits per heavy atom. The minimum Gasteiger partial charge on any atom is -0.469 e. The van der Waals surface area contributed by atoms with Gasteiger partial charge in [0.1, 0.15) is 5.82 Å². The highest BCUT2D eigenvalue weighted by Crippen LogP contribution is 2.40. The summed E-state index contributed by atoms with van der Waals surface area (Å²) in [5.74, 6) is 0.845. The third-order valence-electron chi connectivity index (χ3n) is 7.93. The van der Waals surface area contributed by atoms with E-state index in [1.54, 1.807) is 4.90 Å². The number of methoxy groups -OCH3 is 2. The number of fused-ring (bicyclic) bond motifs is 3. The van der Waals surface area contributed by atoms with Crippen LogP contribution in [-0.4, -0.2) is 41.9 Å². The largest absolute Gasteiger partial charge is 0.469 e. The Balaban J connectivity index is 1.59. The molecule has 0 bridgehead atoms. The summed E-state index contributed by atoms with van der Waals surface area (Å²) in [4.78, 5) is 32.0. The summed E-state index contributed by atoms with van der Waals surface area (Å²) in [6, 6.07) is 14.9. The minimum absolute atomic E-state index is 0.0706. The summed E-state index contributed by atoms with van der Waals surface area (Å²) in [6.07, 6.45) is 6.73. The second kappa shape index (κ2) is 10.3. The third kappa shape index (κ3) is 4.47. The number of carbonyl (C=O) groups is 2. The number of aryl methyl sites for hydroxylation is 3. The molecular weight excluding hydrogens is 454 g/mol. The molecule has 1 saturated carbocycles. The van der Waals surface area contributed by atoms with E-state index < -0.39 is 0 Å². The van der Waals surface area contributed by atoms with Gasteiger partial charge in [-0.3, -0.25) is 9.69 Å². The average molecular weight is 490 g/mol. The molecule has 3 aromatic rings. The summed E-state index contributed by atoms with van der Waals surface area (Å²) in [6.45, 7) is 2.06. The number of amides is 1. The van der Waals surface area contributed by atoms with Crippen LogP contribution in [0.3, 0.4) is 0 Å². The lowest BCUT2D eigenvalue weighted by Crippen LogP contribution is -2.42. The van der Waals surface area contributed by atoms with E-state index in [4.69, 9.17) is 14.5 Å². The number of carbonyl (C=O) groups excluding carboxylic acids is 2. The zero-order valence-electron chi connectivity index (χ0n) is 21.4. The van der Waals surface area contributed by atoms with E-state index in [9.17, 15) is 9.59 Å². The molecule has 0 saturated heterocycles. The molecule has 7 nitrogen and oxygen atoms in total. The van der Waals surface area contributed by atoms with E-state index in [1.807, 2.05) is 12.1 Å². The lowest BCUT2D eigenvalue weighted by molar-refractivity contribution is -0.147. The molecule has 190 valence electrons. The number of hydrogen-bond acceptors (Lipinski definition) is 5. The van der Waals surface area contributed by atoms with Gasteiger partial charge in [-0.05, 0) is 63.1 Å². The molecule has 36 heavy (non-hydrogen) atoms. The Morgan fingerprint density at radius 3 is 2.56 bits per heavy atom. The quantitative estimate of drug-likeness (QED) is 0.434.